The highest BCUT2D eigenvalue weighted by Gasteiger charge is 2.10. The fraction of sp³-hybridized carbons (Fsp3) is 0.133. The highest BCUT2D eigenvalue weighted by atomic mass is 32.1. The monoisotopic (exact) mass is 298 g/mol. The molecule has 0 aliphatic rings. The van der Waals surface area contributed by atoms with Gasteiger partial charge in [0.15, 0.2) is 0 Å². The summed E-state index contributed by atoms with van der Waals surface area (Å²) < 4.78 is 1.80. The van der Waals surface area contributed by atoms with Gasteiger partial charge in [-0.05, 0) is 49.7 Å². The predicted octanol–water partition coefficient (Wildman–Crippen LogP) is 3.20. The van der Waals surface area contributed by atoms with Gasteiger partial charge in [0.2, 0.25) is 0 Å². The van der Waals surface area contributed by atoms with Gasteiger partial charge in [0.1, 0.15) is 12.7 Å². The van der Waals surface area contributed by atoms with E-state index in [1.54, 1.807) is 17.2 Å². The van der Waals surface area contributed by atoms with Gasteiger partial charge in [-0.25, -0.2) is 0 Å². The van der Waals surface area contributed by atoms with Gasteiger partial charge in [0.25, 0.3) is 5.91 Å². The maximum absolute atomic E-state index is 12.2. The lowest BCUT2D eigenvalue weighted by Gasteiger charge is -2.05. The minimum atomic E-state index is -0.0757. The summed E-state index contributed by atoms with van der Waals surface area (Å²) in [6.07, 6.45) is 3.26. The van der Waals surface area contributed by atoms with E-state index in [9.17, 15) is 4.79 Å². The standard InChI is InChI=1S/C15H14N4OS/c1-10-7-14(21-11(10)2)15(20)18-12-3-5-13(6-4-12)19-8-16-17-9-19/h3-9H,1-2H3,(H,18,20). The van der Waals surface area contributed by atoms with Crippen LogP contribution in [0.4, 0.5) is 5.69 Å². The molecule has 0 saturated heterocycles. The molecule has 1 amide bonds. The van der Waals surface area contributed by atoms with Crippen LogP contribution in [0.5, 0.6) is 0 Å². The van der Waals surface area contributed by atoms with Crippen LogP contribution in [0.3, 0.4) is 0 Å². The molecule has 2 aromatic heterocycles. The average molecular weight is 298 g/mol. The Morgan fingerprint density at radius 3 is 2.38 bits per heavy atom. The quantitative estimate of drug-likeness (QED) is 0.807. The number of benzene rings is 1. The normalized spacial score (nSPS) is 10.6. The highest BCUT2D eigenvalue weighted by molar-refractivity contribution is 7.14. The van der Waals surface area contributed by atoms with Crippen molar-refractivity contribution in [3.63, 3.8) is 0 Å². The van der Waals surface area contributed by atoms with Crippen molar-refractivity contribution in [2.24, 2.45) is 0 Å². The number of aryl methyl sites for hydroxylation is 2. The molecule has 0 unspecified atom stereocenters. The van der Waals surface area contributed by atoms with Crippen molar-refractivity contribution in [2.75, 3.05) is 5.32 Å². The molecule has 0 bridgehead atoms. The highest BCUT2D eigenvalue weighted by Crippen LogP contribution is 2.22. The maximum Gasteiger partial charge on any atom is 0.265 e. The van der Waals surface area contributed by atoms with Crippen molar-refractivity contribution in [2.45, 2.75) is 13.8 Å². The van der Waals surface area contributed by atoms with Gasteiger partial charge in [-0.1, -0.05) is 0 Å². The molecule has 0 aliphatic carbocycles. The first-order valence-corrected chi connectivity index (χ1v) is 7.28. The van der Waals surface area contributed by atoms with Gasteiger partial charge in [-0.3, -0.25) is 9.36 Å². The molecule has 1 aromatic carbocycles. The summed E-state index contributed by atoms with van der Waals surface area (Å²) in [6.45, 7) is 4.03. The van der Waals surface area contributed by atoms with Gasteiger partial charge in [-0.15, -0.1) is 21.5 Å². The van der Waals surface area contributed by atoms with Gasteiger partial charge < -0.3 is 5.32 Å². The number of carbonyl (C=O) groups is 1. The Kier molecular flexibility index (Phi) is 3.53. The molecule has 1 N–H and O–H groups in total. The molecule has 5 nitrogen and oxygen atoms in total. The van der Waals surface area contributed by atoms with E-state index < -0.39 is 0 Å². The van der Waals surface area contributed by atoms with E-state index in [0.717, 1.165) is 21.8 Å². The Morgan fingerprint density at radius 2 is 1.81 bits per heavy atom. The topological polar surface area (TPSA) is 59.8 Å². The first kappa shape index (κ1) is 13.5. The van der Waals surface area contributed by atoms with E-state index in [0.29, 0.717) is 0 Å². The summed E-state index contributed by atoms with van der Waals surface area (Å²) in [4.78, 5) is 14.1. The third-order valence-corrected chi connectivity index (χ3v) is 4.38. The first-order chi connectivity index (χ1) is 10.1. The molecule has 0 atom stereocenters. The lowest BCUT2D eigenvalue weighted by molar-refractivity contribution is 0.103. The SMILES string of the molecule is Cc1cc(C(=O)Nc2ccc(-n3cnnc3)cc2)sc1C. The van der Waals surface area contributed by atoms with Gasteiger partial charge in [0.05, 0.1) is 4.88 Å². The number of amides is 1. The largest absolute Gasteiger partial charge is 0.321 e. The number of carbonyl (C=O) groups excluding carboxylic acids is 1. The number of nitrogens with zero attached hydrogens (tertiary/aromatic N) is 3. The van der Waals surface area contributed by atoms with Gasteiger partial charge >= 0.3 is 0 Å². The summed E-state index contributed by atoms with van der Waals surface area (Å²) in [6, 6.07) is 9.45. The molecule has 106 valence electrons. The van der Waals surface area contributed by atoms with Crippen LogP contribution < -0.4 is 5.32 Å². The molecule has 0 aliphatic heterocycles. The second kappa shape index (κ2) is 5.49. The lowest BCUT2D eigenvalue weighted by Crippen LogP contribution is -2.10. The Bertz CT molecular complexity index is 740. The summed E-state index contributed by atoms with van der Waals surface area (Å²) in [5, 5.41) is 10.4. The van der Waals surface area contributed by atoms with Crippen LogP contribution in [-0.4, -0.2) is 20.7 Å². The lowest BCUT2D eigenvalue weighted by atomic mass is 10.2. The molecule has 2 heterocycles. The number of rotatable bonds is 3. The van der Waals surface area contributed by atoms with Crippen LogP contribution >= 0.6 is 11.3 Å². The number of anilines is 1. The number of hydrogen-bond acceptors (Lipinski definition) is 4. The van der Waals surface area contributed by atoms with Gasteiger partial charge in [-0.2, -0.15) is 0 Å². The molecular formula is C15H14N4OS. The Hall–Kier alpha value is -2.47. The molecular weight excluding hydrogens is 284 g/mol. The van der Waals surface area contributed by atoms with Gasteiger partial charge in [0, 0.05) is 16.3 Å². The van der Waals surface area contributed by atoms with Crippen LogP contribution in [0, 0.1) is 13.8 Å². The second-order valence-electron chi connectivity index (χ2n) is 4.72. The fourth-order valence-electron chi connectivity index (χ4n) is 1.93. The molecule has 3 rings (SSSR count). The number of hydrogen-bond donors (Lipinski definition) is 1. The minimum absolute atomic E-state index is 0.0757. The van der Waals surface area contributed by atoms with Crippen molar-refractivity contribution in [1.82, 2.24) is 14.8 Å². The van der Waals surface area contributed by atoms with E-state index in [2.05, 4.69) is 15.5 Å². The van der Waals surface area contributed by atoms with Crippen LogP contribution in [0.15, 0.2) is 43.0 Å². The molecule has 0 spiro atoms. The van der Waals surface area contributed by atoms with Crippen LogP contribution in [0.25, 0.3) is 5.69 Å². The first-order valence-electron chi connectivity index (χ1n) is 6.47. The molecule has 0 fully saturated rings. The second-order valence-corrected chi connectivity index (χ2v) is 5.98. The van der Waals surface area contributed by atoms with E-state index in [4.69, 9.17) is 0 Å². The van der Waals surface area contributed by atoms with Crippen molar-refractivity contribution in [3.05, 3.63) is 58.3 Å². The maximum atomic E-state index is 12.2. The molecule has 0 radical (unpaired) electrons. The Morgan fingerprint density at radius 1 is 1.14 bits per heavy atom. The fourth-order valence-corrected chi connectivity index (χ4v) is 2.86. The van der Waals surface area contributed by atoms with Crippen LogP contribution in [0.1, 0.15) is 20.1 Å². The Balaban J connectivity index is 1.74. The van der Waals surface area contributed by atoms with E-state index in [1.807, 2.05) is 44.2 Å². The predicted molar refractivity (Wildman–Crippen MR) is 83.1 cm³/mol. The third-order valence-electron chi connectivity index (χ3n) is 3.23. The smallest absolute Gasteiger partial charge is 0.265 e. The van der Waals surface area contributed by atoms with Crippen molar-refractivity contribution in [1.29, 1.82) is 0 Å². The van der Waals surface area contributed by atoms with Crippen molar-refractivity contribution in [3.8, 4) is 5.69 Å². The number of thiophene rings is 1. The van der Waals surface area contributed by atoms with Crippen molar-refractivity contribution >= 4 is 22.9 Å². The van der Waals surface area contributed by atoms with E-state index in [-0.39, 0.29) is 5.91 Å². The molecule has 21 heavy (non-hydrogen) atoms. The zero-order valence-corrected chi connectivity index (χ0v) is 12.5. The molecule has 3 aromatic rings. The summed E-state index contributed by atoms with van der Waals surface area (Å²) in [5.41, 5.74) is 2.86. The van der Waals surface area contributed by atoms with E-state index in [1.165, 1.54) is 16.2 Å². The van der Waals surface area contributed by atoms with Crippen molar-refractivity contribution < 1.29 is 4.79 Å². The average Bonchev–Trinajstić information content (AvgIpc) is 3.11. The third kappa shape index (κ3) is 2.85. The van der Waals surface area contributed by atoms with Crippen LogP contribution in [0.2, 0.25) is 0 Å². The molecule has 6 heteroatoms. The summed E-state index contributed by atoms with van der Waals surface area (Å²) >= 11 is 1.51. The molecule has 0 saturated carbocycles. The Labute approximate surface area is 126 Å². The zero-order chi connectivity index (χ0) is 14.8. The number of aromatic nitrogens is 3. The summed E-state index contributed by atoms with van der Waals surface area (Å²) in [5.74, 6) is -0.0757. The summed E-state index contributed by atoms with van der Waals surface area (Å²) in [7, 11) is 0. The van der Waals surface area contributed by atoms with E-state index >= 15 is 0 Å². The van der Waals surface area contributed by atoms with Crippen LogP contribution in [-0.2, 0) is 0 Å². The zero-order valence-electron chi connectivity index (χ0n) is 11.7. The number of nitrogens with one attached hydrogen (secondary N) is 1. The minimum Gasteiger partial charge on any atom is -0.321 e.